The lowest BCUT2D eigenvalue weighted by Crippen LogP contribution is -2.14. The van der Waals surface area contributed by atoms with Gasteiger partial charge in [0.1, 0.15) is 5.82 Å². The summed E-state index contributed by atoms with van der Waals surface area (Å²) in [5, 5.41) is 12.6. The first kappa shape index (κ1) is 21.8. The van der Waals surface area contributed by atoms with Crippen LogP contribution in [0.4, 0.5) is 10.2 Å². The number of carbonyl (C=O) groups is 1. The van der Waals surface area contributed by atoms with Gasteiger partial charge in [0.25, 0.3) is 5.91 Å². The summed E-state index contributed by atoms with van der Waals surface area (Å²) >= 11 is 6.12. The second-order valence-electron chi connectivity index (χ2n) is 7.71. The number of benzene rings is 2. The van der Waals surface area contributed by atoms with Crippen LogP contribution in [0.2, 0.25) is 5.02 Å². The molecule has 0 aliphatic carbocycles. The number of aryl methyl sites for hydroxylation is 1. The van der Waals surface area contributed by atoms with Gasteiger partial charge in [-0.3, -0.25) is 14.2 Å². The minimum absolute atomic E-state index is 0.144. The molecule has 0 aliphatic heterocycles. The zero-order valence-electron chi connectivity index (χ0n) is 18.2. The molecule has 0 aliphatic rings. The predicted molar refractivity (Wildman–Crippen MR) is 129 cm³/mol. The molecule has 3 aromatic heterocycles. The fourth-order valence-corrected chi connectivity index (χ4v) is 3.95. The van der Waals surface area contributed by atoms with Crippen LogP contribution in [0.25, 0.3) is 22.2 Å². The molecule has 5 rings (SSSR count). The molecule has 34 heavy (non-hydrogen) atoms. The maximum absolute atomic E-state index is 14.1. The van der Waals surface area contributed by atoms with E-state index in [9.17, 15) is 9.18 Å². The smallest absolute Gasteiger partial charge is 0.257 e. The zero-order chi connectivity index (χ0) is 23.7. The number of rotatable bonds is 6. The summed E-state index contributed by atoms with van der Waals surface area (Å²) in [7, 11) is 0. The van der Waals surface area contributed by atoms with E-state index in [1.165, 1.54) is 10.7 Å². The lowest BCUT2D eigenvalue weighted by atomic mass is 10.0. The van der Waals surface area contributed by atoms with Gasteiger partial charge in [0.15, 0.2) is 5.82 Å². The molecule has 0 radical (unpaired) electrons. The van der Waals surface area contributed by atoms with E-state index >= 15 is 0 Å². The molecule has 7 nitrogen and oxygen atoms in total. The van der Waals surface area contributed by atoms with Crippen molar-refractivity contribution in [2.24, 2.45) is 0 Å². The Balaban J connectivity index is 1.44. The summed E-state index contributed by atoms with van der Waals surface area (Å²) in [6.07, 6.45) is 5.29. The van der Waals surface area contributed by atoms with E-state index in [-0.39, 0.29) is 12.5 Å². The van der Waals surface area contributed by atoms with Crippen molar-refractivity contribution in [3.05, 3.63) is 95.2 Å². The summed E-state index contributed by atoms with van der Waals surface area (Å²) in [6, 6.07) is 15.4. The number of anilines is 1. The van der Waals surface area contributed by atoms with Crippen LogP contribution in [0.3, 0.4) is 0 Å². The minimum atomic E-state index is -0.407. The Morgan fingerprint density at radius 2 is 1.97 bits per heavy atom. The third kappa shape index (κ3) is 4.27. The van der Waals surface area contributed by atoms with Gasteiger partial charge in [-0.2, -0.15) is 10.2 Å². The van der Waals surface area contributed by atoms with Crippen molar-refractivity contribution < 1.29 is 9.18 Å². The number of hydrogen-bond donors (Lipinski definition) is 1. The quantitative estimate of drug-likeness (QED) is 0.357. The predicted octanol–water partition coefficient (Wildman–Crippen LogP) is 5.41. The number of halogens is 2. The molecule has 9 heteroatoms. The number of aromatic nitrogens is 5. The van der Waals surface area contributed by atoms with E-state index in [4.69, 9.17) is 16.6 Å². The molecule has 0 saturated heterocycles. The van der Waals surface area contributed by atoms with Gasteiger partial charge in [0.05, 0.1) is 29.5 Å². The fourth-order valence-electron chi connectivity index (χ4n) is 3.73. The summed E-state index contributed by atoms with van der Waals surface area (Å²) in [5.74, 6) is -0.383. The molecule has 0 atom stereocenters. The summed E-state index contributed by atoms with van der Waals surface area (Å²) < 4.78 is 17.4. The zero-order valence-corrected chi connectivity index (χ0v) is 19.0. The molecule has 0 saturated carbocycles. The van der Waals surface area contributed by atoms with Crippen molar-refractivity contribution in [2.45, 2.75) is 20.0 Å². The third-order valence-corrected chi connectivity index (χ3v) is 5.83. The maximum Gasteiger partial charge on any atom is 0.257 e. The number of fused-ring (bicyclic) bond motifs is 1. The fraction of sp³-hybridized carbons (Fsp3) is 0.120. The van der Waals surface area contributed by atoms with Crippen LogP contribution in [0.5, 0.6) is 0 Å². The second-order valence-corrected chi connectivity index (χ2v) is 8.12. The van der Waals surface area contributed by atoms with E-state index in [1.54, 1.807) is 41.3 Å². The van der Waals surface area contributed by atoms with Crippen molar-refractivity contribution in [3.63, 3.8) is 0 Å². The van der Waals surface area contributed by atoms with Crippen LogP contribution in [-0.2, 0) is 13.1 Å². The maximum atomic E-state index is 14.1. The minimum Gasteiger partial charge on any atom is -0.305 e. The van der Waals surface area contributed by atoms with Crippen molar-refractivity contribution in [3.8, 4) is 11.3 Å². The van der Waals surface area contributed by atoms with Gasteiger partial charge in [0.2, 0.25) is 0 Å². The van der Waals surface area contributed by atoms with Crippen molar-refractivity contribution in [1.82, 2.24) is 24.5 Å². The van der Waals surface area contributed by atoms with Crippen molar-refractivity contribution in [1.29, 1.82) is 0 Å². The van der Waals surface area contributed by atoms with Crippen LogP contribution >= 0.6 is 11.6 Å². The highest BCUT2D eigenvalue weighted by Crippen LogP contribution is 2.26. The average molecular weight is 475 g/mol. The molecule has 3 heterocycles. The van der Waals surface area contributed by atoms with Crippen LogP contribution < -0.4 is 5.32 Å². The van der Waals surface area contributed by atoms with Gasteiger partial charge in [-0.05, 0) is 31.2 Å². The first-order valence-corrected chi connectivity index (χ1v) is 11.1. The van der Waals surface area contributed by atoms with Gasteiger partial charge in [-0.1, -0.05) is 35.9 Å². The highest BCUT2D eigenvalue weighted by atomic mass is 35.5. The molecule has 0 fully saturated rings. The molecule has 0 unspecified atom stereocenters. The topological polar surface area (TPSA) is 77.6 Å². The molecule has 0 bridgehead atoms. The number of nitrogens with zero attached hydrogens (tertiary/aromatic N) is 5. The van der Waals surface area contributed by atoms with E-state index in [1.807, 2.05) is 37.4 Å². The first-order valence-electron chi connectivity index (χ1n) is 10.7. The normalized spacial score (nSPS) is 11.1. The van der Waals surface area contributed by atoms with Gasteiger partial charge in [-0.25, -0.2) is 9.37 Å². The average Bonchev–Trinajstić information content (AvgIpc) is 3.50. The Bertz CT molecular complexity index is 1490. The first-order chi connectivity index (χ1) is 16.5. The second kappa shape index (κ2) is 9.07. The number of carbonyl (C=O) groups excluding carboxylic acids is 1. The van der Waals surface area contributed by atoms with Gasteiger partial charge >= 0.3 is 0 Å². The number of para-hydroxylation sites is 1. The Labute approximate surface area is 199 Å². The number of nitrogens with one attached hydrogen (secondary N) is 1. The Kier molecular flexibility index (Phi) is 5.81. The summed E-state index contributed by atoms with van der Waals surface area (Å²) in [4.78, 5) is 18.0. The molecule has 5 aromatic rings. The third-order valence-electron chi connectivity index (χ3n) is 5.48. The van der Waals surface area contributed by atoms with Crippen LogP contribution in [-0.4, -0.2) is 30.5 Å². The van der Waals surface area contributed by atoms with Crippen LogP contribution in [0.1, 0.15) is 22.8 Å². The van der Waals surface area contributed by atoms with E-state index in [0.717, 1.165) is 17.5 Å². The Morgan fingerprint density at radius 1 is 1.12 bits per heavy atom. The molecular weight excluding hydrogens is 455 g/mol. The number of hydrogen-bond acceptors (Lipinski definition) is 4. The molecular formula is C25H20ClFN6O. The van der Waals surface area contributed by atoms with Gasteiger partial charge in [0, 0.05) is 46.5 Å². The number of amides is 1. The van der Waals surface area contributed by atoms with Crippen molar-refractivity contribution >= 4 is 34.2 Å². The highest BCUT2D eigenvalue weighted by molar-refractivity contribution is 6.31. The van der Waals surface area contributed by atoms with E-state index in [2.05, 4.69) is 15.5 Å². The monoisotopic (exact) mass is 474 g/mol. The molecule has 170 valence electrons. The molecule has 2 aromatic carbocycles. The van der Waals surface area contributed by atoms with Crippen molar-refractivity contribution in [2.75, 3.05) is 5.32 Å². The Hall–Kier alpha value is -4.04. The summed E-state index contributed by atoms with van der Waals surface area (Å²) in [6.45, 7) is 2.88. The molecule has 1 amide bonds. The van der Waals surface area contributed by atoms with E-state index in [0.29, 0.717) is 33.2 Å². The lowest BCUT2D eigenvalue weighted by Gasteiger charge is -2.09. The van der Waals surface area contributed by atoms with Crippen LogP contribution in [0.15, 0.2) is 73.2 Å². The standard InChI is InChI=1S/C25H20ClFN6O/c1-2-32-14-16(13-28-32)23-12-18(17-6-3-4-9-22(17)29-23)25(34)30-24-10-11-33(31-24)15-19-20(26)7-5-8-21(19)27/h3-14H,2,15H2,1H3,(H,30,31,34). The molecule has 0 spiro atoms. The lowest BCUT2D eigenvalue weighted by molar-refractivity contribution is 0.102. The Morgan fingerprint density at radius 3 is 2.76 bits per heavy atom. The van der Waals surface area contributed by atoms with E-state index < -0.39 is 5.82 Å². The number of pyridine rings is 1. The molecule has 1 N–H and O–H groups in total. The van der Waals surface area contributed by atoms with Crippen LogP contribution in [0, 0.1) is 5.82 Å². The SMILES string of the molecule is CCn1cc(-c2cc(C(=O)Nc3ccn(Cc4c(F)cccc4Cl)n3)c3ccccc3n2)cn1. The van der Waals surface area contributed by atoms with Gasteiger partial charge < -0.3 is 5.32 Å². The summed E-state index contributed by atoms with van der Waals surface area (Å²) in [5.41, 5.74) is 2.99. The highest BCUT2D eigenvalue weighted by Gasteiger charge is 2.16. The van der Waals surface area contributed by atoms with Gasteiger partial charge in [-0.15, -0.1) is 0 Å². The largest absolute Gasteiger partial charge is 0.305 e.